The van der Waals surface area contributed by atoms with Crippen LogP contribution < -0.4 is 10.2 Å². The van der Waals surface area contributed by atoms with Gasteiger partial charge in [-0.25, -0.2) is 0 Å². The smallest absolute Gasteiger partial charge is 0.262 e. The topological polar surface area (TPSA) is 69.7 Å². The second-order valence-corrected chi connectivity index (χ2v) is 8.21. The Morgan fingerprint density at radius 1 is 0.875 bits per heavy atom. The Morgan fingerprint density at radius 2 is 1.47 bits per heavy atom. The van der Waals surface area contributed by atoms with Crippen LogP contribution in [0.2, 0.25) is 0 Å². The van der Waals surface area contributed by atoms with Crippen molar-refractivity contribution >= 4 is 29.1 Å². The van der Waals surface area contributed by atoms with Crippen LogP contribution in [-0.4, -0.2) is 35.2 Å². The number of fused-ring (bicyclic) bond motifs is 2. The third kappa shape index (κ3) is 3.34. The number of anilines is 2. The van der Waals surface area contributed by atoms with Crippen LogP contribution in [0.1, 0.15) is 45.7 Å². The molecule has 6 nitrogen and oxygen atoms in total. The van der Waals surface area contributed by atoms with Gasteiger partial charge >= 0.3 is 0 Å². The molecule has 0 spiro atoms. The first-order valence-electron chi connectivity index (χ1n) is 10.7. The summed E-state index contributed by atoms with van der Waals surface area (Å²) in [6, 6.07) is 24.4. The summed E-state index contributed by atoms with van der Waals surface area (Å²) in [5.74, 6) is -1.10. The van der Waals surface area contributed by atoms with Crippen molar-refractivity contribution in [1.82, 2.24) is 4.90 Å². The summed E-state index contributed by atoms with van der Waals surface area (Å²) in [6.45, 7) is 1.72. The number of hydrogen-bond donors (Lipinski definition) is 1. The molecule has 0 saturated carbocycles. The fraction of sp³-hybridized carbons (Fsp3) is 0.192. The van der Waals surface area contributed by atoms with Gasteiger partial charge in [-0.05, 0) is 49.2 Å². The molecule has 1 N–H and O–H groups in total. The number of hydrogen-bond acceptors (Lipinski definition) is 4. The fourth-order valence-electron chi connectivity index (χ4n) is 4.66. The molecular weight excluding hydrogens is 402 g/mol. The van der Waals surface area contributed by atoms with Crippen molar-refractivity contribution in [2.75, 3.05) is 16.8 Å². The van der Waals surface area contributed by atoms with Crippen LogP contribution in [0.15, 0.2) is 78.9 Å². The van der Waals surface area contributed by atoms with E-state index in [0.29, 0.717) is 17.5 Å². The lowest BCUT2D eigenvalue weighted by molar-refractivity contribution is -0.119. The molecule has 0 radical (unpaired) electrons. The number of carbonyl (C=O) groups excluding carboxylic acids is 3. The highest BCUT2D eigenvalue weighted by atomic mass is 16.2. The predicted octanol–water partition coefficient (Wildman–Crippen LogP) is 4.26. The van der Waals surface area contributed by atoms with Gasteiger partial charge < -0.3 is 10.2 Å². The lowest BCUT2D eigenvalue weighted by Gasteiger charge is -2.40. The van der Waals surface area contributed by atoms with Crippen LogP contribution >= 0.6 is 0 Å². The molecule has 2 unspecified atom stereocenters. The molecular formula is C26H23N3O3. The number of amides is 3. The van der Waals surface area contributed by atoms with Crippen LogP contribution in [0.25, 0.3) is 0 Å². The van der Waals surface area contributed by atoms with Crippen molar-refractivity contribution in [3.8, 4) is 0 Å². The van der Waals surface area contributed by atoms with Gasteiger partial charge in [-0.2, -0.15) is 0 Å². The van der Waals surface area contributed by atoms with Crippen molar-refractivity contribution in [2.45, 2.75) is 25.4 Å². The zero-order chi connectivity index (χ0) is 22.2. The third-order valence-corrected chi connectivity index (χ3v) is 6.14. The minimum Gasteiger partial charge on any atom is -0.378 e. The van der Waals surface area contributed by atoms with Crippen LogP contribution in [-0.2, 0) is 4.79 Å². The quantitative estimate of drug-likeness (QED) is 0.634. The van der Waals surface area contributed by atoms with Crippen LogP contribution in [0, 0.1) is 0 Å². The molecule has 2 aliphatic rings. The molecule has 160 valence electrons. The van der Waals surface area contributed by atoms with E-state index in [0.717, 1.165) is 21.8 Å². The molecule has 0 fully saturated rings. The van der Waals surface area contributed by atoms with E-state index in [1.807, 2.05) is 61.5 Å². The number of nitrogens with zero attached hydrogens (tertiary/aromatic N) is 2. The average Bonchev–Trinajstić information content (AvgIpc) is 3.05. The molecule has 5 rings (SSSR count). The first kappa shape index (κ1) is 20.0. The molecule has 32 heavy (non-hydrogen) atoms. The summed E-state index contributed by atoms with van der Waals surface area (Å²) in [4.78, 5) is 41.6. The third-order valence-electron chi connectivity index (χ3n) is 6.14. The number of imide groups is 1. The molecule has 3 amide bonds. The van der Waals surface area contributed by atoms with Gasteiger partial charge in [0.25, 0.3) is 11.8 Å². The average molecular weight is 425 g/mol. The van der Waals surface area contributed by atoms with Crippen LogP contribution in [0.3, 0.4) is 0 Å². The monoisotopic (exact) mass is 425 g/mol. The predicted molar refractivity (Wildman–Crippen MR) is 123 cm³/mol. The second-order valence-electron chi connectivity index (χ2n) is 8.21. The van der Waals surface area contributed by atoms with Crippen molar-refractivity contribution in [2.24, 2.45) is 0 Å². The van der Waals surface area contributed by atoms with Gasteiger partial charge in [0.15, 0.2) is 0 Å². The Morgan fingerprint density at radius 3 is 2.16 bits per heavy atom. The lowest BCUT2D eigenvalue weighted by atomic mass is 9.91. The zero-order valence-corrected chi connectivity index (χ0v) is 17.7. The van der Waals surface area contributed by atoms with Gasteiger partial charge in [-0.3, -0.25) is 19.3 Å². The molecule has 3 aromatic rings. The Bertz CT molecular complexity index is 1170. The normalized spacial score (nSPS) is 19.5. The van der Waals surface area contributed by atoms with Gasteiger partial charge in [0, 0.05) is 17.4 Å². The molecule has 2 aliphatic heterocycles. The van der Waals surface area contributed by atoms with Crippen molar-refractivity contribution < 1.29 is 14.4 Å². The Hall–Kier alpha value is -3.93. The van der Waals surface area contributed by atoms with Crippen LogP contribution in [0.5, 0.6) is 0 Å². The Kier molecular flexibility index (Phi) is 4.98. The van der Waals surface area contributed by atoms with E-state index >= 15 is 0 Å². The van der Waals surface area contributed by atoms with E-state index in [4.69, 9.17) is 0 Å². The van der Waals surface area contributed by atoms with Gasteiger partial charge in [-0.15, -0.1) is 0 Å². The van der Waals surface area contributed by atoms with Crippen molar-refractivity contribution in [3.63, 3.8) is 0 Å². The van der Waals surface area contributed by atoms with Gasteiger partial charge in [0.05, 0.1) is 17.2 Å². The standard InChI is InChI=1S/C26H23N3O3/c1-17-15-22(27-18-9-3-2-4-10-18)21-13-7-8-14-23(21)29(17)24(30)16-28-25(31)19-11-5-6-12-20(19)26(28)32/h2-14,17,22,27H,15-16H2,1H3. The number of carbonyl (C=O) groups is 3. The number of nitrogens with one attached hydrogen (secondary N) is 1. The number of rotatable bonds is 4. The SMILES string of the molecule is CC1CC(Nc2ccccc2)c2ccccc2N1C(=O)CN1C(=O)c2ccccc2C1=O. The molecule has 0 aromatic heterocycles. The van der Waals surface area contributed by atoms with E-state index in [-0.39, 0.29) is 24.5 Å². The highest BCUT2D eigenvalue weighted by molar-refractivity contribution is 6.22. The first-order valence-corrected chi connectivity index (χ1v) is 10.7. The Labute approximate surface area is 186 Å². The Balaban J connectivity index is 1.41. The fourth-order valence-corrected chi connectivity index (χ4v) is 4.66. The molecule has 2 atom stereocenters. The van der Waals surface area contributed by atoms with Gasteiger partial charge in [0.1, 0.15) is 6.54 Å². The van der Waals surface area contributed by atoms with Gasteiger partial charge in [0.2, 0.25) is 5.91 Å². The molecule has 6 heteroatoms. The summed E-state index contributed by atoms with van der Waals surface area (Å²) in [5.41, 5.74) is 3.55. The summed E-state index contributed by atoms with van der Waals surface area (Å²) in [5, 5.41) is 3.57. The van der Waals surface area contributed by atoms with Crippen molar-refractivity contribution in [1.29, 1.82) is 0 Å². The van der Waals surface area contributed by atoms with E-state index in [9.17, 15) is 14.4 Å². The number of benzene rings is 3. The largest absolute Gasteiger partial charge is 0.378 e. The summed E-state index contributed by atoms with van der Waals surface area (Å²) < 4.78 is 0. The molecule has 2 heterocycles. The first-order chi connectivity index (χ1) is 15.5. The summed E-state index contributed by atoms with van der Waals surface area (Å²) >= 11 is 0. The van der Waals surface area contributed by atoms with Gasteiger partial charge in [-0.1, -0.05) is 48.5 Å². The minimum atomic E-state index is -0.416. The molecule has 0 aliphatic carbocycles. The van der Waals surface area contributed by atoms with Crippen LogP contribution in [0.4, 0.5) is 11.4 Å². The maximum Gasteiger partial charge on any atom is 0.262 e. The van der Waals surface area contributed by atoms with Crippen molar-refractivity contribution in [3.05, 3.63) is 95.6 Å². The van der Waals surface area contributed by atoms with E-state index in [1.165, 1.54) is 0 Å². The summed E-state index contributed by atoms with van der Waals surface area (Å²) in [6.07, 6.45) is 0.708. The summed E-state index contributed by atoms with van der Waals surface area (Å²) in [7, 11) is 0. The second kappa shape index (κ2) is 7.96. The molecule has 0 saturated heterocycles. The highest BCUT2D eigenvalue weighted by Gasteiger charge is 2.39. The molecule has 3 aromatic carbocycles. The maximum absolute atomic E-state index is 13.4. The highest BCUT2D eigenvalue weighted by Crippen LogP contribution is 2.39. The molecule has 0 bridgehead atoms. The minimum absolute atomic E-state index is 0.0481. The van der Waals surface area contributed by atoms with E-state index in [1.54, 1.807) is 29.2 Å². The lowest BCUT2D eigenvalue weighted by Crippen LogP contribution is -2.49. The van der Waals surface area contributed by atoms with E-state index in [2.05, 4.69) is 5.32 Å². The van der Waals surface area contributed by atoms with E-state index < -0.39 is 11.8 Å². The zero-order valence-electron chi connectivity index (χ0n) is 17.7. The number of para-hydroxylation sites is 2. The maximum atomic E-state index is 13.4.